The summed E-state index contributed by atoms with van der Waals surface area (Å²) in [6.07, 6.45) is 11.5. The van der Waals surface area contributed by atoms with Gasteiger partial charge in [0, 0.05) is 12.6 Å². The Morgan fingerprint density at radius 3 is 1.61 bits per heavy atom. The van der Waals surface area contributed by atoms with Gasteiger partial charge in [0.15, 0.2) is 0 Å². The molecule has 3 rings (SSSR count). The maximum Gasteiger partial charge on any atom is 0.214 e. The second-order valence-electron chi connectivity index (χ2n) is 16.8. The number of hydrogen-bond donors (Lipinski definition) is 1. The lowest BCUT2D eigenvalue weighted by Crippen LogP contribution is -2.32. The van der Waals surface area contributed by atoms with Crippen LogP contribution in [0.15, 0.2) is 79.4 Å². The van der Waals surface area contributed by atoms with Gasteiger partial charge in [-0.1, -0.05) is 148 Å². The van der Waals surface area contributed by atoms with Gasteiger partial charge in [0.2, 0.25) is 10.0 Å². The van der Waals surface area contributed by atoms with E-state index in [1.807, 2.05) is 56.3 Å². The summed E-state index contributed by atoms with van der Waals surface area (Å²) in [5.41, 5.74) is 3.58. The third-order valence-electron chi connectivity index (χ3n) is 7.94. The number of allylic oxidation sites excluding steroid dienone is 2. The van der Waals surface area contributed by atoms with Crippen molar-refractivity contribution in [2.75, 3.05) is 6.61 Å². The molecule has 2 aromatic carbocycles. The van der Waals surface area contributed by atoms with Crippen LogP contribution in [-0.2, 0) is 14.8 Å². The van der Waals surface area contributed by atoms with Crippen LogP contribution in [0.1, 0.15) is 153 Å². The molecule has 0 bridgehead atoms. The predicted molar refractivity (Wildman–Crippen MR) is 220 cm³/mol. The molecule has 1 fully saturated rings. The quantitative estimate of drug-likeness (QED) is 0.188. The van der Waals surface area contributed by atoms with Gasteiger partial charge in [0.05, 0.1) is 10.9 Å². The molecule has 0 heterocycles. The van der Waals surface area contributed by atoms with Crippen LogP contribution in [0, 0.1) is 16.7 Å². The molecule has 0 spiro atoms. The highest BCUT2D eigenvalue weighted by Gasteiger charge is 2.35. The van der Waals surface area contributed by atoms with Crippen molar-refractivity contribution in [3.8, 4) is 0 Å². The summed E-state index contributed by atoms with van der Waals surface area (Å²) in [4.78, 5) is 0. The Balaban J connectivity index is 0. The fourth-order valence-corrected chi connectivity index (χ4v) is 4.78. The van der Waals surface area contributed by atoms with Crippen LogP contribution in [0.3, 0.4) is 0 Å². The van der Waals surface area contributed by atoms with Gasteiger partial charge in [-0.3, -0.25) is 0 Å². The van der Waals surface area contributed by atoms with Crippen LogP contribution in [0.5, 0.6) is 0 Å². The first-order valence-corrected chi connectivity index (χ1v) is 20.0. The highest BCUT2D eigenvalue weighted by Crippen LogP contribution is 2.36. The summed E-state index contributed by atoms with van der Waals surface area (Å²) in [6, 6.07) is 20.8. The number of nitrogens with one attached hydrogen (secondary N) is 1. The van der Waals surface area contributed by atoms with Crippen LogP contribution in [0.4, 0.5) is 0 Å². The van der Waals surface area contributed by atoms with Crippen molar-refractivity contribution < 1.29 is 13.2 Å². The molecular formula is C44H77NO3S. The van der Waals surface area contributed by atoms with Gasteiger partial charge in [-0.25, -0.2) is 13.1 Å². The minimum absolute atomic E-state index is 0.00682. The molecule has 1 N–H and O–H groups in total. The standard InChI is InChI=1S/C19H30O.C8H18.C6H13NO2S.C6H6.C5H10/c1-16(2)18-13-10-12-17(15-18)11-8-6-7-9-14-20-19(3,4)5;1-7(2,3)8(4,5)6;1-5(2)7-10(8,9)6-3-4-6;1-2-4-6-5-3-1;1-4-5(2)3/h8,10-13,15-16H,6-7,9,14H2,1-5H3;1-6H3;5-7H,3-4H2,1-2H3;1-6H;4-5H,1H2,2-3H3/b11-8+;;;;. The van der Waals surface area contributed by atoms with Crippen LogP contribution >= 0.6 is 0 Å². The number of hydrogen-bond acceptors (Lipinski definition) is 3. The van der Waals surface area contributed by atoms with Crippen LogP contribution < -0.4 is 4.72 Å². The average Bonchev–Trinajstić information content (AvgIpc) is 3.84. The summed E-state index contributed by atoms with van der Waals surface area (Å²) in [7, 11) is -2.94. The Morgan fingerprint density at radius 1 is 0.796 bits per heavy atom. The summed E-state index contributed by atoms with van der Waals surface area (Å²) >= 11 is 0. The lowest BCUT2D eigenvalue weighted by atomic mass is 9.71. The molecule has 0 atom stereocenters. The maximum atomic E-state index is 11.1. The second kappa shape index (κ2) is 24.9. The van der Waals surface area contributed by atoms with E-state index in [-0.39, 0.29) is 16.9 Å². The average molecular weight is 700 g/mol. The molecule has 1 saturated carbocycles. The second-order valence-corrected chi connectivity index (χ2v) is 18.8. The van der Waals surface area contributed by atoms with Gasteiger partial charge < -0.3 is 4.74 Å². The molecule has 4 nitrogen and oxygen atoms in total. The fourth-order valence-electron chi connectivity index (χ4n) is 3.17. The topological polar surface area (TPSA) is 55.4 Å². The van der Waals surface area contributed by atoms with Crippen molar-refractivity contribution in [3.63, 3.8) is 0 Å². The fraction of sp³-hybridized carbons (Fsp3) is 0.636. The van der Waals surface area contributed by atoms with Gasteiger partial charge in [-0.15, -0.1) is 6.58 Å². The summed E-state index contributed by atoms with van der Waals surface area (Å²) < 4.78 is 30.4. The molecule has 0 amide bonds. The largest absolute Gasteiger partial charge is 0.376 e. The Morgan fingerprint density at radius 2 is 1.27 bits per heavy atom. The lowest BCUT2D eigenvalue weighted by Gasteiger charge is -2.34. The van der Waals surface area contributed by atoms with Crippen LogP contribution in [0.2, 0.25) is 0 Å². The van der Waals surface area contributed by atoms with Crippen molar-refractivity contribution in [2.45, 2.75) is 159 Å². The molecule has 0 saturated heterocycles. The van der Waals surface area contributed by atoms with E-state index in [0.717, 1.165) is 32.3 Å². The van der Waals surface area contributed by atoms with Crippen molar-refractivity contribution >= 4 is 16.1 Å². The maximum absolute atomic E-state index is 11.1. The molecule has 0 radical (unpaired) electrons. The Hall–Kier alpha value is -2.21. The van der Waals surface area contributed by atoms with E-state index in [2.05, 4.69) is 138 Å². The van der Waals surface area contributed by atoms with E-state index in [4.69, 9.17) is 4.74 Å². The number of unbranched alkanes of at least 4 members (excludes halogenated alkanes) is 2. The molecule has 0 aromatic heterocycles. The number of rotatable bonds is 11. The molecule has 2 aromatic rings. The molecule has 0 aliphatic heterocycles. The normalized spacial score (nSPS) is 13.3. The van der Waals surface area contributed by atoms with Crippen molar-refractivity contribution in [2.24, 2.45) is 16.7 Å². The van der Waals surface area contributed by atoms with E-state index in [0.29, 0.717) is 22.7 Å². The smallest absolute Gasteiger partial charge is 0.214 e. The predicted octanol–water partition coefficient (Wildman–Crippen LogP) is 12.9. The van der Waals surface area contributed by atoms with Crippen LogP contribution in [-0.4, -0.2) is 31.9 Å². The zero-order valence-corrected chi connectivity index (χ0v) is 35.2. The van der Waals surface area contributed by atoms with Gasteiger partial charge in [0.1, 0.15) is 0 Å². The van der Waals surface area contributed by atoms with Gasteiger partial charge in [-0.05, 0) is 101 Å². The molecule has 0 unspecified atom stereocenters. The Labute approximate surface area is 305 Å². The third kappa shape index (κ3) is 30.3. The highest BCUT2D eigenvalue weighted by molar-refractivity contribution is 7.90. The van der Waals surface area contributed by atoms with E-state index in [1.54, 1.807) is 0 Å². The summed E-state index contributed by atoms with van der Waals surface area (Å²) in [5, 5.41) is -0.0881. The zero-order chi connectivity index (χ0) is 38.3. The number of ether oxygens (including phenoxy) is 1. The minimum atomic E-state index is -2.94. The minimum Gasteiger partial charge on any atom is -0.376 e. The number of sulfonamides is 1. The van der Waals surface area contributed by atoms with Gasteiger partial charge in [-0.2, -0.15) is 0 Å². The lowest BCUT2D eigenvalue weighted by molar-refractivity contribution is -0.00447. The molecular weight excluding hydrogens is 623 g/mol. The molecule has 5 heteroatoms. The molecule has 1 aliphatic carbocycles. The van der Waals surface area contributed by atoms with Crippen molar-refractivity contribution in [1.29, 1.82) is 0 Å². The van der Waals surface area contributed by atoms with Crippen molar-refractivity contribution in [3.05, 3.63) is 90.5 Å². The van der Waals surface area contributed by atoms with E-state index in [9.17, 15) is 8.42 Å². The monoisotopic (exact) mass is 700 g/mol. The Kier molecular flexibility index (Phi) is 24.8. The first kappa shape index (κ1) is 48.9. The molecule has 49 heavy (non-hydrogen) atoms. The van der Waals surface area contributed by atoms with E-state index in [1.165, 1.54) is 17.5 Å². The first-order chi connectivity index (χ1) is 22.4. The van der Waals surface area contributed by atoms with Gasteiger partial charge >= 0.3 is 0 Å². The van der Waals surface area contributed by atoms with Gasteiger partial charge in [0.25, 0.3) is 0 Å². The van der Waals surface area contributed by atoms with Crippen molar-refractivity contribution in [1.82, 2.24) is 4.72 Å². The summed E-state index contributed by atoms with van der Waals surface area (Å²) in [5.74, 6) is 1.24. The van der Waals surface area contributed by atoms with E-state index < -0.39 is 10.0 Å². The highest BCUT2D eigenvalue weighted by atomic mass is 32.2. The summed E-state index contributed by atoms with van der Waals surface area (Å²) in [6.45, 7) is 36.7. The van der Waals surface area contributed by atoms with E-state index >= 15 is 0 Å². The zero-order valence-electron chi connectivity index (χ0n) is 34.4. The first-order valence-electron chi connectivity index (χ1n) is 18.5. The molecule has 282 valence electrons. The third-order valence-corrected chi connectivity index (χ3v) is 10.1. The molecule has 1 aliphatic rings. The SMILES string of the molecule is C=CC(C)C.CC(C)(C)C(C)(C)C.CC(C)NS(=O)(=O)C1CC1.CC(C)c1cccc(/C=C/CCCCOC(C)(C)C)c1.c1ccccc1. The number of benzene rings is 2. The Bertz CT molecular complexity index is 1180. The van der Waals surface area contributed by atoms with Crippen LogP contribution in [0.25, 0.3) is 6.08 Å².